The lowest BCUT2D eigenvalue weighted by Crippen LogP contribution is -2.18. The molecule has 1 nitrogen and oxygen atoms in total. The van der Waals surface area contributed by atoms with Crippen LogP contribution < -0.4 is 5.73 Å². The van der Waals surface area contributed by atoms with Gasteiger partial charge in [0.15, 0.2) is 0 Å². The molecule has 0 amide bonds. The van der Waals surface area contributed by atoms with E-state index >= 15 is 0 Å². The normalized spacial score (nSPS) is 12.9. The van der Waals surface area contributed by atoms with Crippen molar-refractivity contribution in [3.63, 3.8) is 0 Å². The molecule has 0 saturated heterocycles. The zero-order valence-corrected chi connectivity index (χ0v) is 6.22. The molecular formula is C8H15N. The Hall–Kier alpha value is -0.520. The molecular weight excluding hydrogens is 110 g/mol. The highest BCUT2D eigenvalue weighted by molar-refractivity contribution is 4.87. The number of hydrogen-bond acceptors (Lipinski definition) is 1. The molecule has 52 valence electrons. The van der Waals surface area contributed by atoms with Crippen molar-refractivity contribution in [2.24, 2.45) is 11.7 Å². The van der Waals surface area contributed by atoms with Crippen molar-refractivity contribution in [3.05, 3.63) is 18.4 Å². The van der Waals surface area contributed by atoms with E-state index in [1.807, 2.05) is 0 Å². The highest BCUT2D eigenvalue weighted by Gasteiger charge is 1.99. The van der Waals surface area contributed by atoms with Gasteiger partial charge in [0.1, 0.15) is 0 Å². The summed E-state index contributed by atoms with van der Waals surface area (Å²) in [5.41, 5.74) is 8.30. The van der Waals surface area contributed by atoms with Crippen LogP contribution >= 0.6 is 0 Å². The van der Waals surface area contributed by atoms with Gasteiger partial charge in [0.05, 0.1) is 0 Å². The van der Waals surface area contributed by atoms with Gasteiger partial charge in [0.2, 0.25) is 0 Å². The second kappa shape index (κ2) is 4.37. The summed E-state index contributed by atoms with van der Waals surface area (Å²) >= 11 is 0. The lowest BCUT2D eigenvalue weighted by atomic mass is 10.1. The van der Waals surface area contributed by atoms with E-state index < -0.39 is 0 Å². The van der Waals surface area contributed by atoms with Gasteiger partial charge in [-0.1, -0.05) is 20.4 Å². The molecule has 0 aliphatic heterocycles. The predicted molar refractivity (Wildman–Crippen MR) is 41.1 cm³/mol. The summed E-state index contributed by atoms with van der Waals surface area (Å²) in [4.78, 5) is 0. The fraction of sp³-hybridized carbons (Fsp3) is 0.625. The summed E-state index contributed by atoms with van der Waals surface area (Å²) in [7, 11) is 0. The summed E-state index contributed by atoms with van der Waals surface area (Å²) in [6.07, 6.45) is 2.82. The van der Waals surface area contributed by atoms with Crippen LogP contribution in [0.25, 0.3) is 0 Å². The first kappa shape index (κ1) is 8.48. The Morgan fingerprint density at radius 2 is 2.22 bits per heavy atom. The summed E-state index contributed by atoms with van der Waals surface area (Å²) in [6, 6.07) is 0.141. The Labute approximate surface area is 57.3 Å². The van der Waals surface area contributed by atoms with Gasteiger partial charge in [0.25, 0.3) is 0 Å². The van der Waals surface area contributed by atoms with Gasteiger partial charge in [-0.3, -0.25) is 0 Å². The summed E-state index contributed by atoms with van der Waals surface area (Å²) in [5.74, 6) is 0.657. The maximum absolute atomic E-state index is 5.63. The topological polar surface area (TPSA) is 26.0 Å². The first-order valence-electron chi connectivity index (χ1n) is 3.28. The van der Waals surface area contributed by atoms with E-state index in [4.69, 9.17) is 5.73 Å². The third-order valence-corrected chi connectivity index (χ3v) is 1.08. The van der Waals surface area contributed by atoms with Crippen LogP contribution in [0.15, 0.2) is 18.4 Å². The monoisotopic (exact) mass is 125 g/mol. The van der Waals surface area contributed by atoms with Gasteiger partial charge in [-0.15, -0.1) is 5.73 Å². The van der Waals surface area contributed by atoms with Crippen molar-refractivity contribution < 1.29 is 0 Å². The Kier molecular flexibility index (Phi) is 4.12. The quantitative estimate of drug-likeness (QED) is 0.571. The van der Waals surface area contributed by atoms with Crippen LogP contribution in [0.1, 0.15) is 20.3 Å². The first-order chi connectivity index (χ1) is 4.16. The summed E-state index contributed by atoms with van der Waals surface area (Å²) in [6.45, 7) is 7.75. The molecule has 0 rings (SSSR count). The fourth-order valence-corrected chi connectivity index (χ4v) is 0.764. The smallest absolute Gasteiger partial charge is 0.0301 e. The third-order valence-electron chi connectivity index (χ3n) is 1.08. The van der Waals surface area contributed by atoms with Crippen LogP contribution in [-0.4, -0.2) is 6.04 Å². The number of rotatable bonds is 3. The molecule has 0 radical (unpaired) electrons. The van der Waals surface area contributed by atoms with Gasteiger partial charge >= 0.3 is 0 Å². The Balaban J connectivity index is 3.49. The molecule has 0 aromatic carbocycles. The average molecular weight is 125 g/mol. The fourth-order valence-electron chi connectivity index (χ4n) is 0.764. The molecule has 2 N–H and O–H groups in total. The number of nitrogens with two attached hydrogens (primary N) is 1. The highest BCUT2D eigenvalue weighted by atomic mass is 14.6. The van der Waals surface area contributed by atoms with Crippen molar-refractivity contribution in [1.82, 2.24) is 0 Å². The van der Waals surface area contributed by atoms with Crippen LogP contribution in [0.5, 0.6) is 0 Å². The van der Waals surface area contributed by atoms with Crippen LogP contribution in [-0.2, 0) is 0 Å². The van der Waals surface area contributed by atoms with Gasteiger partial charge in [-0.05, 0) is 18.4 Å². The maximum Gasteiger partial charge on any atom is 0.0301 e. The van der Waals surface area contributed by atoms with Crippen LogP contribution in [0.4, 0.5) is 0 Å². The molecule has 0 aliphatic carbocycles. The minimum Gasteiger partial charge on any atom is -0.324 e. The molecule has 0 saturated carbocycles. The van der Waals surface area contributed by atoms with E-state index in [2.05, 4.69) is 26.2 Å². The average Bonchev–Trinajstić information content (AvgIpc) is 1.63. The van der Waals surface area contributed by atoms with Crippen molar-refractivity contribution in [2.45, 2.75) is 26.3 Å². The van der Waals surface area contributed by atoms with Gasteiger partial charge < -0.3 is 5.73 Å². The Bertz CT molecular complexity index is 110. The molecule has 1 atom stereocenters. The zero-order valence-electron chi connectivity index (χ0n) is 6.22. The van der Waals surface area contributed by atoms with E-state index in [1.165, 1.54) is 0 Å². The van der Waals surface area contributed by atoms with Crippen LogP contribution in [0.2, 0.25) is 0 Å². The van der Waals surface area contributed by atoms with E-state index in [0.717, 1.165) is 6.42 Å². The maximum atomic E-state index is 5.63. The molecule has 0 unspecified atom stereocenters. The largest absolute Gasteiger partial charge is 0.324 e. The second-order valence-corrected chi connectivity index (χ2v) is 2.66. The van der Waals surface area contributed by atoms with Gasteiger partial charge in [-0.2, -0.15) is 0 Å². The minimum absolute atomic E-state index is 0.141. The molecule has 1 heteroatoms. The van der Waals surface area contributed by atoms with Crippen molar-refractivity contribution >= 4 is 0 Å². The van der Waals surface area contributed by atoms with E-state index in [9.17, 15) is 0 Å². The standard InChI is InChI=1S/C8H15N/c1-4-5-8(9)6-7(2)3/h5,7-8H,1,6,9H2,2-3H3/t8-/m1/s1. The molecule has 0 aliphatic rings. The minimum atomic E-state index is 0.141. The second-order valence-electron chi connectivity index (χ2n) is 2.66. The molecule has 0 fully saturated rings. The lowest BCUT2D eigenvalue weighted by Gasteiger charge is -2.06. The van der Waals surface area contributed by atoms with E-state index in [0.29, 0.717) is 5.92 Å². The summed E-state index contributed by atoms with van der Waals surface area (Å²) in [5, 5.41) is 0. The van der Waals surface area contributed by atoms with Crippen molar-refractivity contribution in [1.29, 1.82) is 0 Å². The van der Waals surface area contributed by atoms with E-state index in [-0.39, 0.29) is 6.04 Å². The van der Waals surface area contributed by atoms with Gasteiger partial charge in [-0.25, -0.2) is 0 Å². The highest BCUT2D eigenvalue weighted by Crippen LogP contribution is 2.02. The van der Waals surface area contributed by atoms with Gasteiger partial charge in [0, 0.05) is 6.04 Å². The van der Waals surface area contributed by atoms with E-state index in [1.54, 1.807) is 6.08 Å². The van der Waals surface area contributed by atoms with Crippen LogP contribution in [0, 0.1) is 5.92 Å². The molecule has 0 aromatic heterocycles. The molecule has 0 spiro atoms. The predicted octanol–water partition coefficient (Wildman–Crippen LogP) is 1.70. The lowest BCUT2D eigenvalue weighted by molar-refractivity contribution is 0.546. The molecule has 9 heavy (non-hydrogen) atoms. The Morgan fingerprint density at radius 3 is 2.56 bits per heavy atom. The van der Waals surface area contributed by atoms with Crippen molar-refractivity contribution in [3.8, 4) is 0 Å². The zero-order chi connectivity index (χ0) is 7.28. The third kappa shape index (κ3) is 5.35. The van der Waals surface area contributed by atoms with Crippen molar-refractivity contribution in [2.75, 3.05) is 0 Å². The molecule has 0 aromatic rings. The van der Waals surface area contributed by atoms with Crippen LogP contribution in [0.3, 0.4) is 0 Å². The Morgan fingerprint density at radius 1 is 1.67 bits per heavy atom. The first-order valence-corrected chi connectivity index (χ1v) is 3.28. The SMILES string of the molecule is C=C=C[C@@H](N)CC(C)C. The molecule has 0 heterocycles. The number of hydrogen-bond donors (Lipinski definition) is 1. The summed E-state index contributed by atoms with van der Waals surface area (Å²) < 4.78 is 0. The molecule has 0 bridgehead atoms.